The highest BCUT2D eigenvalue weighted by molar-refractivity contribution is 5.88. The molecule has 1 atom stereocenters. The van der Waals surface area contributed by atoms with Crippen LogP contribution < -0.4 is 10.1 Å². The molecule has 3 aromatic carbocycles. The summed E-state index contributed by atoms with van der Waals surface area (Å²) in [4.78, 5) is 28.4. The molecule has 0 aliphatic rings. The van der Waals surface area contributed by atoms with E-state index in [1.165, 1.54) is 0 Å². The monoisotopic (exact) mass is 444 g/mol. The van der Waals surface area contributed by atoms with Crippen molar-refractivity contribution in [1.82, 2.24) is 10.2 Å². The Kier molecular flexibility index (Phi) is 9.07. The first kappa shape index (κ1) is 24.1. The number of ether oxygens (including phenoxy) is 1. The normalized spacial score (nSPS) is 11.5. The summed E-state index contributed by atoms with van der Waals surface area (Å²) in [6.45, 7) is 2.76. The van der Waals surface area contributed by atoms with Crippen molar-refractivity contribution in [1.29, 1.82) is 0 Å². The molecule has 3 aromatic rings. The molecule has 5 nitrogen and oxygen atoms in total. The largest absolute Gasteiger partial charge is 0.497 e. The van der Waals surface area contributed by atoms with E-state index in [4.69, 9.17) is 4.74 Å². The molecule has 33 heavy (non-hydrogen) atoms. The van der Waals surface area contributed by atoms with E-state index in [0.29, 0.717) is 25.9 Å². The fourth-order valence-corrected chi connectivity index (χ4v) is 3.74. The summed E-state index contributed by atoms with van der Waals surface area (Å²) in [5.41, 5.74) is 2.99. The van der Waals surface area contributed by atoms with Gasteiger partial charge in [0.15, 0.2) is 0 Å². The Hall–Kier alpha value is -3.60. The number of carbonyl (C=O) groups excluding carboxylic acids is 2. The van der Waals surface area contributed by atoms with Gasteiger partial charge in [-0.05, 0) is 35.2 Å². The van der Waals surface area contributed by atoms with Crippen LogP contribution in [0.3, 0.4) is 0 Å². The second-order valence-electron chi connectivity index (χ2n) is 8.03. The van der Waals surface area contributed by atoms with Gasteiger partial charge in [0.1, 0.15) is 11.8 Å². The molecule has 0 aliphatic heterocycles. The highest BCUT2D eigenvalue weighted by atomic mass is 16.5. The van der Waals surface area contributed by atoms with Crippen molar-refractivity contribution < 1.29 is 14.3 Å². The van der Waals surface area contributed by atoms with Gasteiger partial charge in [0, 0.05) is 25.9 Å². The molecular weight excluding hydrogens is 412 g/mol. The van der Waals surface area contributed by atoms with E-state index in [1.54, 1.807) is 12.0 Å². The molecule has 5 heteroatoms. The lowest BCUT2D eigenvalue weighted by molar-refractivity contribution is -0.141. The van der Waals surface area contributed by atoms with Crippen LogP contribution in [0.15, 0.2) is 84.9 Å². The predicted octanol–water partition coefficient (Wildman–Crippen LogP) is 4.75. The van der Waals surface area contributed by atoms with Gasteiger partial charge in [-0.2, -0.15) is 0 Å². The van der Waals surface area contributed by atoms with E-state index in [-0.39, 0.29) is 11.8 Å². The van der Waals surface area contributed by atoms with E-state index in [2.05, 4.69) is 5.32 Å². The molecule has 0 fully saturated rings. The lowest BCUT2D eigenvalue weighted by Crippen LogP contribution is -2.50. The van der Waals surface area contributed by atoms with Crippen LogP contribution in [0.2, 0.25) is 0 Å². The molecule has 0 aromatic heterocycles. The van der Waals surface area contributed by atoms with Crippen LogP contribution in [0.25, 0.3) is 0 Å². The molecule has 0 spiro atoms. The van der Waals surface area contributed by atoms with Gasteiger partial charge in [0.25, 0.3) is 0 Å². The van der Waals surface area contributed by atoms with Crippen molar-refractivity contribution >= 4 is 11.8 Å². The molecule has 1 N–H and O–H groups in total. The predicted molar refractivity (Wildman–Crippen MR) is 131 cm³/mol. The Morgan fingerprint density at radius 3 is 2.03 bits per heavy atom. The van der Waals surface area contributed by atoms with Crippen molar-refractivity contribution in [3.05, 3.63) is 102 Å². The van der Waals surface area contributed by atoms with E-state index >= 15 is 0 Å². The van der Waals surface area contributed by atoms with Crippen LogP contribution in [-0.2, 0) is 29.1 Å². The molecule has 0 saturated carbocycles. The highest BCUT2D eigenvalue weighted by Gasteiger charge is 2.29. The number of benzene rings is 3. The Morgan fingerprint density at radius 2 is 1.45 bits per heavy atom. The summed E-state index contributed by atoms with van der Waals surface area (Å²) in [5.74, 6) is 0.580. The van der Waals surface area contributed by atoms with Crippen LogP contribution >= 0.6 is 0 Å². The number of amides is 2. The lowest BCUT2D eigenvalue weighted by atomic mass is 10.0. The molecular formula is C28H32N2O3. The number of methoxy groups -OCH3 is 1. The molecule has 0 bridgehead atoms. The Bertz CT molecular complexity index is 1000. The van der Waals surface area contributed by atoms with Crippen molar-refractivity contribution in [3.63, 3.8) is 0 Å². The number of rotatable bonds is 11. The summed E-state index contributed by atoms with van der Waals surface area (Å²) in [7, 11) is 1.62. The minimum absolute atomic E-state index is 0.0240. The first-order chi connectivity index (χ1) is 16.1. The SMILES string of the molecule is CCCC(=O)N(Cc1ccc(OC)cc1)[C@H](Cc1ccccc1)C(=O)NCc1ccccc1. The number of nitrogens with one attached hydrogen (secondary N) is 1. The molecule has 2 amide bonds. The Morgan fingerprint density at radius 1 is 0.848 bits per heavy atom. The fraction of sp³-hybridized carbons (Fsp3) is 0.286. The zero-order valence-corrected chi connectivity index (χ0v) is 19.4. The van der Waals surface area contributed by atoms with Crippen LogP contribution in [0.5, 0.6) is 5.75 Å². The summed E-state index contributed by atoms with van der Waals surface area (Å²) in [6, 6.07) is 26.7. The minimum Gasteiger partial charge on any atom is -0.497 e. The topological polar surface area (TPSA) is 58.6 Å². The number of hydrogen-bond acceptors (Lipinski definition) is 3. The van der Waals surface area contributed by atoms with Crippen molar-refractivity contribution in [2.24, 2.45) is 0 Å². The average molecular weight is 445 g/mol. The van der Waals surface area contributed by atoms with Gasteiger partial charge in [0.2, 0.25) is 11.8 Å². The minimum atomic E-state index is -0.614. The van der Waals surface area contributed by atoms with E-state index in [9.17, 15) is 9.59 Å². The van der Waals surface area contributed by atoms with Gasteiger partial charge in [-0.25, -0.2) is 0 Å². The zero-order valence-electron chi connectivity index (χ0n) is 19.4. The maximum atomic E-state index is 13.4. The summed E-state index contributed by atoms with van der Waals surface area (Å²) in [5, 5.41) is 3.05. The standard InChI is InChI=1S/C28H32N2O3/c1-3-10-27(31)30(21-24-15-17-25(33-2)18-16-24)26(19-22-11-6-4-7-12-22)28(32)29-20-23-13-8-5-9-14-23/h4-9,11-18,26H,3,10,19-21H2,1-2H3,(H,29,32)/t26-/m1/s1. The van der Waals surface area contributed by atoms with E-state index in [1.807, 2.05) is 91.9 Å². The first-order valence-electron chi connectivity index (χ1n) is 11.4. The molecule has 0 unspecified atom stereocenters. The third-order valence-electron chi connectivity index (χ3n) is 5.56. The second-order valence-corrected chi connectivity index (χ2v) is 8.03. The van der Waals surface area contributed by atoms with Crippen LogP contribution in [0.4, 0.5) is 0 Å². The van der Waals surface area contributed by atoms with Crippen molar-refractivity contribution in [2.75, 3.05) is 7.11 Å². The Labute approximate surface area is 196 Å². The molecule has 0 saturated heterocycles. The van der Waals surface area contributed by atoms with Gasteiger partial charge in [-0.3, -0.25) is 9.59 Å². The van der Waals surface area contributed by atoms with E-state index < -0.39 is 6.04 Å². The van der Waals surface area contributed by atoms with Gasteiger partial charge >= 0.3 is 0 Å². The van der Waals surface area contributed by atoms with Gasteiger partial charge in [-0.15, -0.1) is 0 Å². The number of hydrogen-bond donors (Lipinski definition) is 1. The molecule has 0 aliphatic carbocycles. The summed E-state index contributed by atoms with van der Waals surface area (Å²) < 4.78 is 5.25. The number of carbonyl (C=O) groups is 2. The second kappa shape index (κ2) is 12.4. The smallest absolute Gasteiger partial charge is 0.243 e. The third-order valence-corrected chi connectivity index (χ3v) is 5.56. The Balaban J connectivity index is 1.87. The summed E-state index contributed by atoms with van der Waals surface area (Å²) in [6.07, 6.45) is 1.57. The van der Waals surface area contributed by atoms with Crippen molar-refractivity contribution in [3.8, 4) is 5.75 Å². The number of nitrogens with zero attached hydrogens (tertiary/aromatic N) is 1. The van der Waals surface area contributed by atoms with Crippen LogP contribution in [0, 0.1) is 0 Å². The lowest BCUT2D eigenvalue weighted by Gasteiger charge is -2.31. The first-order valence-corrected chi connectivity index (χ1v) is 11.4. The fourth-order valence-electron chi connectivity index (χ4n) is 3.74. The van der Waals surface area contributed by atoms with Crippen LogP contribution in [-0.4, -0.2) is 29.9 Å². The van der Waals surface area contributed by atoms with Gasteiger partial charge in [-0.1, -0.05) is 79.7 Å². The average Bonchev–Trinajstić information content (AvgIpc) is 2.86. The molecule has 3 rings (SSSR count). The molecule has 0 radical (unpaired) electrons. The van der Waals surface area contributed by atoms with Gasteiger partial charge < -0.3 is 15.0 Å². The highest BCUT2D eigenvalue weighted by Crippen LogP contribution is 2.18. The zero-order chi connectivity index (χ0) is 23.5. The quantitative estimate of drug-likeness (QED) is 0.464. The maximum Gasteiger partial charge on any atom is 0.243 e. The molecule has 0 heterocycles. The summed E-state index contributed by atoms with van der Waals surface area (Å²) >= 11 is 0. The van der Waals surface area contributed by atoms with E-state index in [0.717, 1.165) is 28.9 Å². The maximum absolute atomic E-state index is 13.4. The van der Waals surface area contributed by atoms with Gasteiger partial charge in [0.05, 0.1) is 7.11 Å². The molecule has 172 valence electrons. The van der Waals surface area contributed by atoms with Crippen molar-refractivity contribution in [2.45, 2.75) is 45.3 Å². The third kappa shape index (κ3) is 7.21. The van der Waals surface area contributed by atoms with Crippen LogP contribution in [0.1, 0.15) is 36.5 Å².